The van der Waals surface area contributed by atoms with Gasteiger partial charge in [-0.2, -0.15) is 26.3 Å². The minimum absolute atomic E-state index is 0.0639. The number of methoxy groups -OCH3 is 2. The number of benzene rings is 1. The standard InChI is InChI=1S/C16H19F6NO5/c1-5-28-13(24)8(2)23-10-7-11(26-3)9(6-12(10)27-4)14(25,15(17,18)19)16(20,21)22/h6-8,23,25H,5H2,1-4H3/t8-/m0/s1. The highest BCUT2D eigenvalue weighted by molar-refractivity contribution is 5.80. The third kappa shape index (κ3) is 4.37. The van der Waals surface area contributed by atoms with Crippen molar-refractivity contribution in [2.45, 2.75) is 37.8 Å². The van der Waals surface area contributed by atoms with Crippen LogP contribution in [-0.2, 0) is 15.1 Å². The zero-order valence-electron chi connectivity index (χ0n) is 15.3. The number of ether oxygens (including phenoxy) is 3. The Balaban J connectivity index is 3.58. The van der Waals surface area contributed by atoms with Gasteiger partial charge in [0.1, 0.15) is 17.5 Å². The highest BCUT2D eigenvalue weighted by Crippen LogP contribution is 2.53. The molecule has 0 aliphatic heterocycles. The molecule has 1 rings (SSSR count). The molecule has 0 saturated carbocycles. The Morgan fingerprint density at radius 2 is 1.57 bits per heavy atom. The number of hydrogen-bond donors (Lipinski definition) is 2. The summed E-state index contributed by atoms with van der Waals surface area (Å²) in [5.74, 6) is -2.12. The second-order valence-corrected chi connectivity index (χ2v) is 5.58. The fourth-order valence-electron chi connectivity index (χ4n) is 2.32. The van der Waals surface area contributed by atoms with Gasteiger partial charge in [0.25, 0.3) is 5.60 Å². The number of esters is 1. The van der Waals surface area contributed by atoms with Crippen LogP contribution in [0.1, 0.15) is 19.4 Å². The number of anilines is 1. The maximum Gasteiger partial charge on any atom is 0.430 e. The van der Waals surface area contributed by atoms with Crippen LogP contribution in [0.25, 0.3) is 0 Å². The quantitative estimate of drug-likeness (QED) is 0.521. The number of halogens is 6. The molecular weight excluding hydrogens is 400 g/mol. The first-order chi connectivity index (χ1) is 12.7. The van der Waals surface area contributed by atoms with Crippen molar-refractivity contribution >= 4 is 11.7 Å². The van der Waals surface area contributed by atoms with Gasteiger partial charge in [-0.15, -0.1) is 0 Å². The van der Waals surface area contributed by atoms with Crippen LogP contribution in [0.2, 0.25) is 0 Å². The number of carbonyl (C=O) groups excluding carboxylic acids is 1. The Morgan fingerprint density at radius 1 is 1.07 bits per heavy atom. The Labute approximate surface area is 156 Å². The molecule has 160 valence electrons. The summed E-state index contributed by atoms with van der Waals surface area (Å²) in [7, 11) is 1.82. The van der Waals surface area contributed by atoms with Crippen molar-refractivity contribution in [2.24, 2.45) is 0 Å². The van der Waals surface area contributed by atoms with Crippen molar-refractivity contribution in [1.29, 1.82) is 0 Å². The van der Waals surface area contributed by atoms with E-state index in [0.29, 0.717) is 6.07 Å². The third-order valence-corrected chi connectivity index (χ3v) is 3.74. The summed E-state index contributed by atoms with van der Waals surface area (Å²) in [4.78, 5) is 11.7. The maximum atomic E-state index is 13.2. The van der Waals surface area contributed by atoms with E-state index >= 15 is 0 Å². The number of carbonyl (C=O) groups is 1. The van der Waals surface area contributed by atoms with E-state index in [9.17, 15) is 36.2 Å². The van der Waals surface area contributed by atoms with Gasteiger partial charge in [0, 0.05) is 11.6 Å². The Bertz CT molecular complexity index is 690. The molecule has 2 N–H and O–H groups in total. The third-order valence-electron chi connectivity index (χ3n) is 3.74. The van der Waals surface area contributed by atoms with Gasteiger partial charge in [-0.05, 0) is 19.9 Å². The second-order valence-electron chi connectivity index (χ2n) is 5.58. The van der Waals surface area contributed by atoms with E-state index in [4.69, 9.17) is 9.47 Å². The largest absolute Gasteiger partial charge is 0.496 e. The molecule has 0 fully saturated rings. The summed E-state index contributed by atoms with van der Waals surface area (Å²) >= 11 is 0. The van der Waals surface area contributed by atoms with Gasteiger partial charge in [-0.1, -0.05) is 0 Å². The summed E-state index contributed by atoms with van der Waals surface area (Å²) in [6.07, 6.45) is -12.2. The van der Waals surface area contributed by atoms with Gasteiger partial charge in [0.15, 0.2) is 0 Å². The highest BCUT2D eigenvalue weighted by atomic mass is 19.4. The van der Waals surface area contributed by atoms with Crippen LogP contribution < -0.4 is 14.8 Å². The van der Waals surface area contributed by atoms with Crippen LogP contribution in [0.4, 0.5) is 32.0 Å². The topological polar surface area (TPSA) is 77.0 Å². The number of aliphatic hydroxyl groups is 1. The smallest absolute Gasteiger partial charge is 0.430 e. The van der Waals surface area contributed by atoms with Crippen LogP contribution in [0, 0.1) is 0 Å². The predicted octanol–water partition coefficient (Wildman–Crippen LogP) is 3.38. The molecule has 0 aliphatic carbocycles. The molecule has 28 heavy (non-hydrogen) atoms. The monoisotopic (exact) mass is 419 g/mol. The lowest BCUT2D eigenvalue weighted by atomic mass is 9.90. The van der Waals surface area contributed by atoms with E-state index < -0.39 is 47.0 Å². The SMILES string of the molecule is CCOC(=O)[C@H](C)Nc1cc(OC)c(C(O)(C(F)(F)F)C(F)(F)F)cc1OC. The molecule has 1 aromatic rings. The molecule has 0 radical (unpaired) electrons. The average molecular weight is 419 g/mol. The van der Waals surface area contributed by atoms with Crippen molar-refractivity contribution in [3.05, 3.63) is 17.7 Å². The fourth-order valence-corrected chi connectivity index (χ4v) is 2.32. The average Bonchev–Trinajstić information content (AvgIpc) is 2.58. The molecule has 0 bridgehead atoms. The molecule has 0 spiro atoms. The zero-order valence-corrected chi connectivity index (χ0v) is 15.3. The summed E-state index contributed by atoms with van der Waals surface area (Å²) in [5, 5.41) is 12.2. The number of nitrogens with one attached hydrogen (secondary N) is 1. The first-order valence-corrected chi connectivity index (χ1v) is 7.80. The van der Waals surface area contributed by atoms with Crippen LogP contribution in [-0.4, -0.2) is 50.3 Å². The zero-order chi connectivity index (χ0) is 21.9. The first-order valence-electron chi connectivity index (χ1n) is 7.80. The summed E-state index contributed by atoms with van der Waals surface area (Å²) in [6, 6.07) is 0.0975. The van der Waals surface area contributed by atoms with Crippen molar-refractivity contribution in [1.82, 2.24) is 0 Å². The number of rotatable bonds is 7. The molecule has 6 nitrogen and oxygen atoms in total. The summed E-state index contributed by atoms with van der Waals surface area (Å²) in [5.41, 5.74) is -6.96. The minimum Gasteiger partial charge on any atom is -0.496 e. The lowest BCUT2D eigenvalue weighted by Gasteiger charge is -2.34. The Morgan fingerprint density at radius 3 is 1.96 bits per heavy atom. The van der Waals surface area contributed by atoms with E-state index in [1.54, 1.807) is 6.92 Å². The van der Waals surface area contributed by atoms with Gasteiger partial charge in [-0.3, -0.25) is 0 Å². The molecule has 0 amide bonds. The molecule has 0 heterocycles. The molecule has 1 atom stereocenters. The van der Waals surface area contributed by atoms with E-state index in [1.165, 1.54) is 6.92 Å². The van der Waals surface area contributed by atoms with E-state index in [2.05, 4.69) is 10.1 Å². The van der Waals surface area contributed by atoms with Gasteiger partial charge < -0.3 is 24.6 Å². The van der Waals surface area contributed by atoms with E-state index in [-0.39, 0.29) is 12.3 Å². The van der Waals surface area contributed by atoms with Crippen LogP contribution in [0.3, 0.4) is 0 Å². The molecule has 12 heteroatoms. The number of alkyl halides is 6. The van der Waals surface area contributed by atoms with E-state index in [0.717, 1.165) is 20.3 Å². The van der Waals surface area contributed by atoms with Crippen LogP contribution in [0.5, 0.6) is 11.5 Å². The highest BCUT2D eigenvalue weighted by Gasteiger charge is 2.72. The lowest BCUT2D eigenvalue weighted by Crippen LogP contribution is -2.54. The van der Waals surface area contributed by atoms with Crippen molar-refractivity contribution in [3.63, 3.8) is 0 Å². The normalized spacial score (nSPS) is 13.7. The minimum atomic E-state index is -6.10. The summed E-state index contributed by atoms with van der Waals surface area (Å²) < 4.78 is 93.4. The molecule has 0 aliphatic rings. The van der Waals surface area contributed by atoms with Crippen LogP contribution >= 0.6 is 0 Å². The number of hydrogen-bond acceptors (Lipinski definition) is 6. The second kappa shape index (κ2) is 8.33. The van der Waals surface area contributed by atoms with Crippen molar-refractivity contribution in [2.75, 3.05) is 26.1 Å². The van der Waals surface area contributed by atoms with Crippen LogP contribution in [0.15, 0.2) is 12.1 Å². The fraction of sp³-hybridized carbons (Fsp3) is 0.562. The maximum absolute atomic E-state index is 13.2. The predicted molar refractivity (Wildman–Crippen MR) is 85.3 cm³/mol. The molecular formula is C16H19F6NO5. The molecule has 0 aromatic heterocycles. The van der Waals surface area contributed by atoms with Crippen molar-refractivity contribution < 1.29 is 50.5 Å². The van der Waals surface area contributed by atoms with Crippen molar-refractivity contribution in [3.8, 4) is 11.5 Å². The Kier molecular flexibility index (Phi) is 7.04. The Hall–Kier alpha value is -2.37. The van der Waals surface area contributed by atoms with Gasteiger partial charge in [0.05, 0.1) is 26.5 Å². The first kappa shape index (κ1) is 23.7. The van der Waals surface area contributed by atoms with Gasteiger partial charge in [0.2, 0.25) is 0 Å². The lowest BCUT2D eigenvalue weighted by molar-refractivity contribution is -0.376. The van der Waals surface area contributed by atoms with E-state index in [1.807, 2.05) is 0 Å². The molecule has 1 aromatic carbocycles. The molecule has 0 unspecified atom stereocenters. The van der Waals surface area contributed by atoms with Gasteiger partial charge in [-0.25, -0.2) is 4.79 Å². The van der Waals surface area contributed by atoms with Gasteiger partial charge >= 0.3 is 18.3 Å². The summed E-state index contributed by atoms with van der Waals surface area (Å²) in [6.45, 7) is 2.98. The molecule has 0 saturated heterocycles.